The predicted octanol–water partition coefficient (Wildman–Crippen LogP) is 4.21. The molecule has 0 N–H and O–H groups in total. The van der Waals surface area contributed by atoms with Crippen molar-refractivity contribution >= 4 is 9.84 Å². The highest BCUT2D eigenvalue weighted by atomic mass is 32.2. The average Bonchev–Trinajstić information content (AvgIpc) is 2.65. The Morgan fingerprint density at radius 3 is 1.64 bits per heavy atom. The molecule has 0 radical (unpaired) electrons. The molecule has 0 unspecified atom stereocenters. The van der Waals surface area contributed by atoms with Gasteiger partial charge < -0.3 is 14.2 Å². The molecule has 0 aliphatic rings. The number of hydrogen-bond acceptors (Lipinski definition) is 5. The molecule has 2 aromatic rings. The molecule has 28 heavy (non-hydrogen) atoms. The number of benzene rings is 2. The van der Waals surface area contributed by atoms with Gasteiger partial charge in [0.2, 0.25) is 5.75 Å². The number of methoxy groups -OCH3 is 3. The van der Waals surface area contributed by atoms with E-state index in [1.54, 1.807) is 42.1 Å². The van der Waals surface area contributed by atoms with Crippen LogP contribution in [0.1, 0.15) is 37.5 Å². The van der Waals surface area contributed by atoms with Crippen LogP contribution in [0.2, 0.25) is 0 Å². The minimum Gasteiger partial charge on any atom is -0.493 e. The lowest BCUT2D eigenvalue weighted by Gasteiger charge is -2.19. The summed E-state index contributed by atoms with van der Waals surface area (Å²) >= 11 is 0. The fraction of sp³-hybridized carbons (Fsp3) is 0.455. The van der Waals surface area contributed by atoms with Crippen LogP contribution in [0, 0.1) is 0 Å². The average molecular weight is 407 g/mol. The number of ether oxygens (including phenoxy) is 3. The Morgan fingerprint density at radius 2 is 1.21 bits per heavy atom. The summed E-state index contributed by atoms with van der Waals surface area (Å²) in [7, 11) is 1.61. The third-order valence-corrected chi connectivity index (χ3v) is 7.32. The Hall–Kier alpha value is -2.21. The largest absolute Gasteiger partial charge is 0.493 e. The summed E-state index contributed by atoms with van der Waals surface area (Å²) in [5.41, 5.74) is 3.03. The first-order valence-corrected chi connectivity index (χ1v) is 10.9. The molecule has 0 bridgehead atoms. The van der Waals surface area contributed by atoms with E-state index < -0.39 is 14.6 Å². The fourth-order valence-corrected chi connectivity index (χ4v) is 3.87. The van der Waals surface area contributed by atoms with E-state index in [-0.39, 0.29) is 5.75 Å². The first-order valence-electron chi connectivity index (χ1n) is 9.20. The molecule has 0 amide bonds. The van der Waals surface area contributed by atoms with Gasteiger partial charge in [-0.15, -0.1) is 0 Å². The molecule has 6 heteroatoms. The van der Waals surface area contributed by atoms with Crippen molar-refractivity contribution in [1.29, 1.82) is 0 Å². The SMILES string of the molecule is COc1cc(CCc2ccc(CS(=O)(=O)C(C)(C)C)cc2)cc(OC)c1OC. The van der Waals surface area contributed by atoms with Crippen LogP contribution < -0.4 is 14.2 Å². The lowest BCUT2D eigenvalue weighted by molar-refractivity contribution is 0.324. The molecular weight excluding hydrogens is 376 g/mol. The molecule has 0 spiro atoms. The Balaban J connectivity index is 2.10. The zero-order chi connectivity index (χ0) is 20.9. The van der Waals surface area contributed by atoms with Crippen molar-refractivity contribution in [2.75, 3.05) is 21.3 Å². The smallest absolute Gasteiger partial charge is 0.203 e. The van der Waals surface area contributed by atoms with E-state index in [1.807, 2.05) is 36.4 Å². The third-order valence-electron chi connectivity index (χ3n) is 4.74. The van der Waals surface area contributed by atoms with Crippen molar-refractivity contribution in [3.8, 4) is 17.2 Å². The van der Waals surface area contributed by atoms with E-state index in [0.29, 0.717) is 17.2 Å². The number of hydrogen-bond donors (Lipinski definition) is 0. The molecule has 0 atom stereocenters. The molecule has 5 nitrogen and oxygen atoms in total. The summed E-state index contributed by atoms with van der Waals surface area (Å²) in [6, 6.07) is 11.7. The standard InChI is InChI=1S/C22H30O5S/c1-22(2,3)28(23,24)15-17-10-7-16(8-11-17)9-12-18-13-19(25-4)21(27-6)20(14-18)26-5/h7-8,10-11,13-14H,9,12,15H2,1-6H3. The van der Waals surface area contributed by atoms with Crippen LogP contribution in [0.15, 0.2) is 36.4 Å². The summed E-state index contributed by atoms with van der Waals surface area (Å²) in [6.07, 6.45) is 1.63. The molecule has 0 aliphatic heterocycles. The van der Waals surface area contributed by atoms with Gasteiger partial charge in [-0.05, 0) is 62.4 Å². The minimum absolute atomic E-state index is 0.0592. The summed E-state index contributed by atoms with van der Waals surface area (Å²) in [5, 5.41) is 0. The van der Waals surface area contributed by atoms with Crippen molar-refractivity contribution in [2.24, 2.45) is 0 Å². The molecular formula is C22H30O5S. The van der Waals surface area contributed by atoms with Crippen LogP contribution in [0.4, 0.5) is 0 Å². The van der Waals surface area contributed by atoms with E-state index in [0.717, 1.165) is 29.5 Å². The van der Waals surface area contributed by atoms with Gasteiger partial charge in [0.15, 0.2) is 21.3 Å². The molecule has 0 aliphatic carbocycles. The summed E-state index contributed by atoms with van der Waals surface area (Å²) in [5.74, 6) is 1.92. The molecule has 0 heterocycles. The maximum atomic E-state index is 12.4. The van der Waals surface area contributed by atoms with Gasteiger partial charge in [0.25, 0.3) is 0 Å². The predicted molar refractivity (Wildman–Crippen MR) is 112 cm³/mol. The van der Waals surface area contributed by atoms with Crippen molar-refractivity contribution < 1.29 is 22.6 Å². The van der Waals surface area contributed by atoms with E-state index in [4.69, 9.17) is 14.2 Å². The number of aryl methyl sites for hydroxylation is 2. The first-order chi connectivity index (χ1) is 13.1. The van der Waals surface area contributed by atoms with Crippen molar-refractivity contribution in [1.82, 2.24) is 0 Å². The maximum absolute atomic E-state index is 12.4. The highest BCUT2D eigenvalue weighted by Gasteiger charge is 2.28. The van der Waals surface area contributed by atoms with Crippen LogP contribution in [0.5, 0.6) is 17.2 Å². The second kappa shape index (κ2) is 8.86. The summed E-state index contributed by atoms with van der Waals surface area (Å²) in [6.45, 7) is 5.19. The molecule has 0 fully saturated rings. The zero-order valence-corrected chi connectivity index (χ0v) is 18.4. The molecule has 0 saturated heterocycles. The van der Waals surface area contributed by atoms with Crippen LogP contribution in [0.3, 0.4) is 0 Å². The highest BCUT2D eigenvalue weighted by molar-refractivity contribution is 7.91. The Labute approximate surface area is 168 Å². The number of sulfone groups is 1. The van der Waals surface area contributed by atoms with Gasteiger partial charge in [0, 0.05) is 0 Å². The summed E-state index contributed by atoms with van der Waals surface area (Å²) in [4.78, 5) is 0. The normalized spacial score (nSPS) is 11.9. The maximum Gasteiger partial charge on any atom is 0.203 e. The fourth-order valence-electron chi connectivity index (χ4n) is 2.81. The Bertz CT molecular complexity index is 869. The molecule has 0 saturated carbocycles. The topological polar surface area (TPSA) is 61.8 Å². The first kappa shape index (κ1) is 22.1. The quantitative estimate of drug-likeness (QED) is 0.657. The Morgan fingerprint density at radius 1 is 0.750 bits per heavy atom. The Kier molecular flexibility index (Phi) is 6.99. The third kappa shape index (κ3) is 5.19. The minimum atomic E-state index is -3.18. The van der Waals surface area contributed by atoms with Crippen molar-refractivity contribution in [3.63, 3.8) is 0 Å². The van der Waals surface area contributed by atoms with Gasteiger partial charge in [-0.3, -0.25) is 0 Å². The zero-order valence-electron chi connectivity index (χ0n) is 17.5. The van der Waals surface area contributed by atoms with Crippen molar-refractivity contribution in [2.45, 2.75) is 44.1 Å². The molecule has 154 valence electrons. The van der Waals surface area contributed by atoms with Gasteiger partial charge in [-0.25, -0.2) is 8.42 Å². The second-order valence-corrected chi connectivity index (χ2v) is 10.5. The second-order valence-electron chi connectivity index (χ2n) is 7.72. The lowest BCUT2D eigenvalue weighted by atomic mass is 10.0. The highest BCUT2D eigenvalue weighted by Crippen LogP contribution is 2.38. The monoisotopic (exact) mass is 406 g/mol. The van der Waals surface area contributed by atoms with Crippen molar-refractivity contribution in [3.05, 3.63) is 53.1 Å². The van der Waals surface area contributed by atoms with Crippen LogP contribution in [-0.2, 0) is 28.4 Å². The van der Waals surface area contributed by atoms with Gasteiger partial charge in [-0.2, -0.15) is 0 Å². The van der Waals surface area contributed by atoms with Gasteiger partial charge in [0.05, 0.1) is 31.8 Å². The van der Waals surface area contributed by atoms with E-state index in [9.17, 15) is 8.42 Å². The van der Waals surface area contributed by atoms with Crippen LogP contribution in [-0.4, -0.2) is 34.5 Å². The van der Waals surface area contributed by atoms with E-state index >= 15 is 0 Å². The lowest BCUT2D eigenvalue weighted by Crippen LogP contribution is -2.29. The van der Waals surface area contributed by atoms with Crippen LogP contribution in [0.25, 0.3) is 0 Å². The van der Waals surface area contributed by atoms with Crippen LogP contribution >= 0.6 is 0 Å². The van der Waals surface area contributed by atoms with E-state index in [2.05, 4.69) is 0 Å². The molecule has 2 rings (SSSR count). The molecule has 0 aromatic heterocycles. The van der Waals surface area contributed by atoms with E-state index in [1.165, 1.54) is 0 Å². The van der Waals surface area contributed by atoms with Gasteiger partial charge in [-0.1, -0.05) is 24.3 Å². The van der Waals surface area contributed by atoms with Gasteiger partial charge in [0.1, 0.15) is 0 Å². The summed E-state index contributed by atoms with van der Waals surface area (Å²) < 4.78 is 40.1. The van der Waals surface area contributed by atoms with Gasteiger partial charge >= 0.3 is 0 Å². The number of rotatable bonds is 8. The molecule has 2 aromatic carbocycles.